The quantitative estimate of drug-likeness (QED) is 0.0990. The number of halogens is 2. The largest absolute Gasteiger partial charge is 0.481 e. The smallest absolute Gasteiger partial charge is 0.427 e. The van der Waals surface area contributed by atoms with Gasteiger partial charge in [0.15, 0.2) is 0 Å². The zero-order valence-electron chi connectivity index (χ0n) is 25.5. The number of carbonyl (C=O) groups is 4. The molecule has 5 N–H and O–H groups in total. The number of hydrazine groups is 1. The number of ketones is 1. The van der Waals surface area contributed by atoms with Crippen molar-refractivity contribution in [2.24, 2.45) is 22.8 Å². The van der Waals surface area contributed by atoms with E-state index in [1.54, 1.807) is 26.2 Å². The predicted octanol–water partition coefficient (Wildman–Crippen LogP) is 5.40. The zero-order valence-corrected chi connectivity index (χ0v) is 28.7. The van der Waals surface area contributed by atoms with Gasteiger partial charge < -0.3 is 14.6 Å². The molecule has 2 amide bonds. The van der Waals surface area contributed by atoms with Crippen molar-refractivity contribution in [1.82, 2.24) is 20.4 Å². The van der Waals surface area contributed by atoms with Crippen LogP contribution in [0.15, 0.2) is 10.5 Å². The lowest BCUT2D eigenvalue weighted by Crippen LogP contribution is -2.30. The number of nitrogens with one attached hydrogen (secondary N) is 2. The summed E-state index contributed by atoms with van der Waals surface area (Å²) in [4.78, 5) is 39.8. The molecule has 0 bridgehead atoms. The Morgan fingerprint density at radius 3 is 1.59 bits per heavy atom. The van der Waals surface area contributed by atoms with E-state index in [0.717, 1.165) is 18.3 Å². The number of nitrogens with zero attached hydrogens (tertiary/aromatic N) is 3. The molecule has 1 rings (SSSR count). The number of amides is 2. The molecule has 0 aliphatic rings. The van der Waals surface area contributed by atoms with Crippen molar-refractivity contribution in [3.8, 4) is 0 Å². The average molecular weight is 670 g/mol. The fourth-order valence-electron chi connectivity index (χ4n) is 1.02. The fourth-order valence-corrected chi connectivity index (χ4v) is 1.64. The second-order valence-electron chi connectivity index (χ2n) is 8.06. The van der Waals surface area contributed by atoms with Gasteiger partial charge in [-0.15, -0.1) is 5.10 Å². The van der Waals surface area contributed by atoms with Crippen molar-refractivity contribution < 1.29 is 38.0 Å². The van der Waals surface area contributed by atoms with Gasteiger partial charge in [0.05, 0.1) is 18.9 Å². The number of carboxylic acid groups (broad SMARTS) is 1. The van der Waals surface area contributed by atoms with Gasteiger partial charge in [-0.2, -0.15) is 5.10 Å². The third kappa shape index (κ3) is 54.4. The van der Waals surface area contributed by atoms with Crippen LogP contribution in [0.2, 0.25) is 0 Å². The lowest BCUT2D eigenvalue weighted by molar-refractivity contribution is -0.134. The predicted molar refractivity (Wildman–Crippen MR) is 165 cm³/mol. The van der Waals surface area contributed by atoms with Crippen LogP contribution in [0, 0.1) is 11.8 Å². The molecular formula is C23H46Cl2N6O8S2. The normalized spacial score (nSPS) is 9.56. The molecule has 41 heavy (non-hydrogen) atoms. The van der Waals surface area contributed by atoms with Gasteiger partial charge in [-0.05, 0) is 51.1 Å². The van der Waals surface area contributed by atoms with Crippen molar-refractivity contribution >= 4 is 71.8 Å². The monoisotopic (exact) mass is 668 g/mol. The number of rotatable bonds is 6. The average Bonchev–Trinajstić information content (AvgIpc) is 3.39. The molecular weight excluding hydrogens is 623 g/mol. The summed E-state index contributed by atoms with van der Waals surface area (Å²) in [5.41, 5.74) is 6.07. The summed E-state index contributed by atoms with van der Waals surface area (Å²) in [6.45, 7) is 20.7. The molecule has 0 aromatic carbocycles. The van der Waals surface area contributed by atoms with Crippen molar-refractivity contribution in [2.45, 2.75) is 82.1 Å². The summed E-state index contributed by atoms with van der Waals surface area (Å²) in [6.07, 6.45) is -1.10. The number of ether oxygens (including phenoxy) is 2. The first-order valence-corrected chi connectivity index (χ1v) is 15.8. The maximum absolute atomic E-state index is 10.7. The Morgan fingerprint density at radius 2 is 1.39 bits per heavy atom. The molecule has 0 atom stereocenters. The van der Waals surface area contributed by atoms with E-state index in [1.165, 1.54) is 11.5 Å². The minimum Gasteiger partial charge on any atom is -0.481 e. The minimum absolute atomic E-state index is 0.213. The number of hydrazone groups is 1. The van der Waals surface area contributed by atoms with Crippen LogP contribution in [0.5, 0.6) is 0 Å². The third-order valence-electron chi connectivity index (χ3n) is 3.61. The Kier molecular flexibility index (Phi) is 39.9. The highest BCUT2D eigenvalue weighted by atomic mass is 36.0. The van der Waals surface area contributed by atoms with Crippen molar-refractivity contribution in [3.63, 3.8) is 0 Å². The van der Waals surface area contributed by atoms with Gasteiger partial charge in [0.2, 0.25) is 9.23 Å². The minimum atomic E-state index is -1.67. The van der Waals surface area contributed by atoms with E-state index in [9.17, 15) is 14.4 Å². The van der Waals surface area contributed by atoms with Crippen molar-refractivity contribution in [2.75, 3.05) is 13.2 Å². The van der Waals surface area contributed by atoms with Gasteiger partial charge in [-0.25, -0.2) is 25.1 Å². The van der Waals surface area contributed by atoms with E-state index in [0.29, 0.717) is 25.0 Å². The topological polar surface area (TPSA) is 212 Å². The highest BCUT2D eigenvalue weighted by molar-refractivity contribution is 8.26. The lowest BCUT2D eigenvalue weighted by Gasteiger charge is -2.04. The molecule has 242 valence electrons. The molecule has 0 aliphatic carbocycles. The van der Waals surface area contributed by atoms with Gasteiger partial charge in [-0.1, -0.05) is 46.0 Å². The van der Waals surface area contributed by atoms with Crippen LogP contribution in [-0.2, 0) is 28.3 Å². The van der Waals surface area contributed by atoms with Gasteiger partial charge in [0.25, 0.3) is 5.97 Å². The van der Waals surface area contributed by atoms with Crippen molar-refractivity contribution in [1.29, 1.82) is 0 Å². The summed E-state index contributed by atoms with van der Waals surface area (Å²) >= 11 is 1.41. The van der Waals surface area contributed by atoms with Crippen LogP contribution >= 0.6 is 32.9 Å². The highest BCUT2D eigenvalue weighted by Crippen LogP contribution is 2.10. The highest BCUT2D eigenvalue weighted by Gasteiger charge is 2.01. The fraction of sp³-hybridized carbons (Fsp3) is 0.696. The first-order valence-electron chi connectivity index (χ1n) is 12.1. The van der Waals surface area contributed by atoms with Gasteiger partial charge in [-0.3, -0.25) is 15.0 Å². The molecule has 0 aliphatic heterocycles. The van der Waals surface area contributed by atoms with E-state index in [2.05, 4.69) is 70.6 Å². The maximum atomic E-state index is 10.7. The molecule has 0 saturated carbocycles. The number of aromatic nitrogens is 2. The SMILES string of the molecule is CC(=O)C(C)C.CC(=O)O.CC(C)c1csnn1.CCOC(=O)N/N=C(/C)C(C)C.CCOC(=O)NN.O=S(Cl)Cl. The lowest BCUT2D eigenvalue weighted by atomic mass is 10.1. The first kappa shape index (κ1) is 48.3. The molecule has 0 fully saturated rings. The number of aliphatic carboxylic acids is 1. The molecule has 1 aromatic rings. The Bertz CT molecular complexity index is 839. The number of carboxylic acids is 1. The molecule has 1 aromatic heterocycles. The summed E-state index contributed by atoms with van der Waals surface area (Å²) < 4.78 is 21.8. The van der Waals surface area contributed by atoms with E-state index in [1.807, 2.05) is 40.0 Å². The van der Waals surface area contributed by atoms with Gasteiger partial charge in [0, 0.05) is 45.3 Å². The Balaban J connectivity index is -0.000000132. The van der Waals surface area contributed by atoms with Crippen LogP contribution < -0.4 is 16.7 Å². The number of nitrogens with two attached hydrogens (primary N) is 1. The first-order chi connectivity index (χ1) is 18.8. The molecule has 0 spiro atoms. The Labute approximate surface area is 258 Å². The van der Waals surface area contributed by atoms with Crippen LogP contribution in [-0.4, -0.2) is 61.8 Å². The second-order valence-corrected chi connectivity index (χ2v) is 11.2. The Hall–Kier alpha value is -2.40. The summed E-state index contributed by atoms with van der Waals surface area (Å²) in [5, 5.41) is 17.1. The maximum Gasteiger partial charge on any atom is 0.427 e. The molecule has 0 radical (unpaired) electrons. The van der Waals surface area contributed by atoms with Crippen LogP contribution in [0.3, 0.4) is 0 Å². The molecule has 18 heteroatoms. The number of hydrogen-bond donors (Lipinski definition) is 4. The standard InChI is InChI=1S/C8H16N2O2.C5H8N2S.C5H10O.C3H8N2O2.C2H4O2.Cl2OS/c1-5-12-8(11)10-9-7(4)6(2)3;1-4(2)5-3-8-7-6-5;1-4(2)5(3)6;1-2-7-3(6)5-4;1-2(3)4;1-4(2)3/h6H,5H2,1-4H3,(H,10,11);3-4H,1-2H3;4H,1-3H3;2,4H2,1H3,(H,5,6);1H3,(H,3,4);/b9-7-;;;;;. The number of Topliss-reactive ketones (excluding diaryl/α,β-unsaturated/α-hetero) is 1. The van der Waals surface area contributed by atoms with Crippen LogP contribution in [0.4, 0.5) is 9.59 Å². The molecule has 0 saturated heterocycles. The second kappa shape index (κ2) is 33.8. The summed E-state index contributed by atoms with van der Waals surface area (Å²) in [6, 6.07) is 0. The van der Waals surface area contributed by atoms with E-state index in [4.69, 9.17) is 14.1 Å². The van der Waals surface area contributed by atoms with Gasteiger partial charge in [0.1, 0.15) is 5.78 Å². The van der Waals surface area contributed by atoms with Crippen LogP contribution in [0.25, 0.3) is 0 Å². The third-order valence-corrected chi connectivity index (χ3v) is 4.13. The summed E-state index contributed by atoms with van der Waals surface area (Å²) in [7, 11) is 7.36. The van der Waals surface area contributed by atoms with Crippen molar-refractivity contribution in [3.05, 3.63) is 11.1 Å². The molecule has 1 heterocycles. The number of carbonyl (C=O) groups excluding carboxylic acids is 3. The molecule has 14 nitrogen and oxygen atoms in total. The molecule has 0 unspecified atom stereocenters. The summed E-state index contributed by atoms with van der Waals surface area (Å²) in [5.74, 6) is 5.13. The van der Waals surface area contributed by atoms with E-state index >= 15 is 0 Å². The zero-order chi connectivity index (χ0) is 33.6. The Morgan fingerprint density at radius 1 is 1.00 bits per heavy atom. The van der Waals surface area contributed by atoms with Crippen LogP contribution in [0.1, 0.15) is 87.8 Å². The number of hydrogen-bond acceptors (Lipinski definition) is 12. The van der Waals surface area contributed by atoms with Gasteiger partial charge >= 0.3 is 12.2 Å². The van der Waals surface area contributed by atoms with E-state index in [-0.39, 0.29) is 11.7 Å². The van der Waals surface area contributed by atoms with E-state index < -0.39 is 27.4 Å².